The number of halogens is 2. The summed E-state index contributed by atoms with van der Waals surface area (Å²) in [4.78, 5) is 16.3. The molecular formula is C18H14BrFN2OS. The first kappa shape index (κ1) is 16.8. The van der Waals surface area contributed by atoms with Gasteiger partial charge in [-0.1, -0.05) is 18.2 Å². The van der Waals surface area contributed by atoms with E-state index < -0.39 is 0 Å². The standard InChI is InChI=1S/C18H14BrFN2OS/c19-13-11-12(5-6-14(13)20)9-10-21-17(23)7-8-18-22-15-3-1-2-4-16(15)24-18/h1-8,11H,9-10H2,(H,21,23). The molecule has 122 valence electrons. The number of carbonyl (C=O) groups is 1. The lowest BCUT2D eigenvalue weighted by Crippen LogP contribution is -2.23. The molecular weight excluding hydrogens is 391 g/mol. The summed E-state index contributed by atoms with van der Waals surface area (Å²) in [6.45, 7) is 0.487. The average molecular weight is 405 g/mol. The van der Waals surface area contributed by atoms with Crippen LogP contribution in [-0.2, 0) is 11.2 Å². The Morgan fingerprint density at radius 3 is 2.92 bits per heavy atom. The van der Waals surface area contributed by atoms with Gasteiger partial charge in [-0.3, -0.25) is 4.79 Å². The van der Waals surface area contributed by atoms with Gasteiger partial charge in [0.25, 0.3) is 0 Å². The lowest BCUT2D eigenvalue weighted by molar-refractivity contribution is -0.116. The second-order valence-corrected chi connectivity index (χ2v) is 7.06. The van der Waals surface area contributed by atoms with Crippen molar-refractivity contribution >= 4 is 49.5 Å². The zero-order chi connectivity index (χ0) is 16.9. The minimum atomic E-state index is -0.290. The van der Waals surface area contributed by atoms with Crippen molar-refractivity contribution in [3.8, 4) is 0 Å². The third-order valence-corrected chi connectivity index (χ3v) is 4.99. The fourth-order valence-electron chi connectivity index (χ4n) is 2.19. The van der Waals surface area contributed by atoms with Crippen LogP contribution in [0, 0.1) is 5.82 Å². The van der Waals surface area contributed by atoms with E-state index in [0.717, 1.165) is 20.8 Å². The number of amides is 1. The minimum Gasteiger partial charge on any atom is -0.352 e. The maximum Gasteiger partial charge on any atom is 0.244 e. The molecule has 0 fully saturated rings. The molecule has 0 aliphatic heterocycles. The normalized spacial score (nSPS) is 11.2. The lowest BCUT2D eigenvalue weighted by Gasteiger charge is -2.04. The molecule has 0 radical (unpaired) electrons. The summed E-state index contributed by atoms with van der Waals surface area (Å²) in [5, 5.41) is 3.61. The average Bonchev–Trinajstić information content (AvgIpc) is 2.99. The molecule has 3 aromatic rings. The topological polar surface area (TPSA) is 42.0 Å². The van der Waals surface area contributed by atoms with Gasteiger partial charge in [0.05, 0.1) is 14.7 Å². The van der Waals surface area contributed by atoms with E-state index in [9.17, 15) is 9.18 Å². The molecule has 2 aromatic carbocycles. The molecule has 1 amide bonds. The van der Waals surface area contributed by atoms with Crippen molar-refractivity contribution in [2.75, 3.05) is 6.54 Å². The zero-order valence-corrected chi connectivity index (χ0v) is 15.0. The number of aromatic nitrogens is 1. The van der Waals surface area contributed by atoms with E-state index in [0.29, 0.717) is 17.4 Å². The Bertz CT molecular complexity index is 874. The minimum absolute atomic E-state index is 0.171. The van der Waals surface area contributed by atoms with E-state index in [1.54, 1.807) is 29.5 Å². The van der Waals surface area contributed by atoms with Gasteiger partial charge >= 0.3 is 0 Å². The molecule has 24 heavy (non-hydrogen) atoms. The summed E-state index contributed by atoms with van der Waals surface area (Å²) in [6, 6.07) is 12.7. The predicted molar refractivity (Wildman–Crippen MR) is 99.5 cm³/mol. The van der Waals surface area contributed by atoms with Crippen LogP contribution in [0.3, 0.4) is 0 Å². The smallest absolute Gasteiger partial charge is 0.244 e. The van der Waals surface area contributed by atoms with Gasteiger partial charge in [0, 0.05) is 12.6 Å². The van der Waals surface area contributed by atoms with Crippen molar-refractivity contribution in [2.45, 2.75) is 6.42 Å². The molecule has 3 rings (SSSR count). The number of para-hydroxylation sites is 1. The number of benzene rings is 2. The van der Waals surface area contributed by atoms with Crippen LogP contribution in [0.1, 0.15) is 10.6 Å². The summed E-state index contributed by atoms with van der Waals surface area (Å²) in [5.41, 5.74) is 1.89. The monoisotopic (exact) mass is 404 g/mol. The Balaban J connectivity index is 1.52. The van der Waals surface area contributed by atoms with Gasteiger partial charge in [0.2, 0.25) is 5.91 Å². The highest BCUT2D eigenvalue weighted by Crippen LogP contribution is 2.22. The summed E-state index contributed by atoms with van der Waals surface area (Å²) in [7, 11) is 0. The largest absolute Gasteiger partial charge is 0.352 e. The van der Waals surface area contributed by atoms with E-state index in [1.165, 1.54) is 12.1 Å². The van der Waals surface area contributed by atoms with Crippen LogP contribution in [0.2, 0.25) is 0 Å². The van der Waals surface area contributed by atoms with E-state index >= 15 is 0 Å². The maximum absolute atomic E-state index is 13.2. The highest BCUT2D eigenvalue weighted by molar-refractivity contribution is 9.10. The molecule has 3 nitrogen and oxygen atoms in total. The van der Waals surface area contributed by atoms with Gasteiger partial charge in [0.15, 0.2) is 0 Å². The van der Waals surface area contributed by atoms with E-state index in [2.05, 4.69) is 26.2 Å². The first-order valence-electron chi connectivity index (χ1n) is 7.37. The predicted octanol–water partition coefficient (Wildman–Crippen LogP) is 4.57. The molecule has 1 N–H and O–H groups in total. The number of hydrogen-bond acceptors (Lipinski definition) is 3. The molecule has 0 saturated heterocycles. The van der Waals surface area contributed by atoms with Gasteiger partial charge in [0.1, 0.15) is 10.8 Å². The first-order chi connectivity index (χ1) is 11.6. The Morgan fingerprint density at radius 2 is 2.12 bits per heavy atom. The number of nitrogens with zero attached hydrogens (tertiary/aromatic N) is 1. The van der Waals surface area contributed by atoms with Crippen molar-refractivity contribution in [3.05, 3.63) is 69.4 Å². The Kier molecular flexibility index (Phi) is 5.37. The van der Waals surface area contributed by atoms with Crippen LogP contribution in [0.15, 0.2) is 53.0 Å². The number of fused-ring (bicyclic) bond motifs is 1. The van der Waals surface area contributed by atoms with Crippen molar-refractivity contribution in [2.24, 2.45) is 0 Å². The number of nitrogens with one attached hydrogen (secondary N) is 1. The molecule has 0 saturated carbocycles. The van der Waals surface area contributed by atoms with Gasteiger partial charge in [-0.15, -0.1) is 11.3 Å². The van der Waals surface area contributed by atoms with Crippen LogP contribution in [0.25, 0.3) is 16.3 Å². The SMILES string of the molecule is O=C(C=Cc1nc2ccccc2s1)NCCc1ccc(F)c(Br)c1. The molecule has 0 atom stereocenters. The maximum atomic E-state index is 13.2. The zero-order valence-electron chi connectivity index (χ0n) is 12.6. The van der Waals surface area contributed by atoms with Crippen LogP contribution in [-0.4, -0.2) is 17.4 Å². The summed E-state index contributed by atoms with van der Waals surface area (Å²) < 4.78 is 14.7. The van der Waals surface area contributed by atoms with Gasteiger partial charge in [-0.05, 0) is 58.3 Å². The van der Waals surface area contributed by atoms with Gasteiger partial charge in [-0.25, -0.2) is 9.37 Å². The first-order valence-corrected chi connectivity index (χ1v) is 8.98. The third-order valence-electron chi connectivity index (χ3n) is 3.38. The quantitative estimate of drug-likeness (QED) is 0.632. The second-order valence-electron chi connectivity index (χ2n) is 5.14. The summed E-state index contributed by atoms with van der Waals surface area (Å²) >= 11 is 4.70. The molecule has 6 heteroatoms. The van der Waals surface area contributed by atoms with Crippen LogP contribution in [0.4, 0.5) is 4.39 Å². The number of hydrogen-bond donors (Lipinski definition) is 1. The van der Waals surface area contributed by atoms with Crippen molar-refractivity contribution in [1.82, 2.24) is 10.3 Å². The van der Waals surface area contributed by atoms with E-state index in [-0.39, 0.29) is 11.7 Å². The van der Waals surface area contributed by atoms with Crippen molar-refractivity contribution in [1.29, 1.82) is 0 Å². The molecule has 1 aromatic heterocycles. The van der Waals surface area contributed by atoms with Crippen molar-refractivity contribution in [3.63, 3.8) is 0 Å². The highest BCUT2D eigenvalue weighted by Gasteiger charge is 2.03. The summed E-state index contributed by atoms with van der Waals surface area (Å²) in [6.07, 6.45) is 3.84. The Hall–Kier alpha value is -2.05. The number of carbonyl (C=O) groups excluding carboxylic acids is 1. The van der Waals surface area contributed by atoms with E-state index in [1.807, 2.05) is 24.3 Å². The molecule has 0 unspecified atom stereocenters. The molecule has 0 bridgehead atoms. The van der Waals surface area contributed by atoms with Crippen LogP contribution < -0.4 is 5.32 Å². The Labute approximate surface area is 151 Å². The number of thiazole rings is 1. The van der Waals surface area contributed by atoms with Crippen LogP contribution in [0.5, 0.6) is 0 Å². The number of rotatable bonds is 5. The van der Waals surface area contributed by atoms with Crippen LogP contribution >= 0.6 is 27.3 Å². The van der Waals surface area contributed by atoms with Gasteiger partial charge in [-0.2, -0.15) is 0 Å². The summed E-state index contributed by atoms with van der Waals surface area (Å²) in [5.74, 6) is -0.461. The van der Waals surface area contributed by atoms with Crippen molar-refractivity contribution < 1.29 is 9.18 Å². The lowest BCUT2D eigenvalue weighted by atomic mass is 10.1. The fraction of sp³-hybridized carbons (Fsp3) is 0.111. The molecule has 0 spiro atoms. The highest BCUT2D eigenvalue weighted by atomic mass is 79.9. The van der Waals surface area contributed by atoms with Gasteiger partial charge < -0.3 is 5.32 Å². The third kappa shape index (κ3) is 4.27. The molecule has 1 heterocycles. The fourth-order valence-corrected chi connectivity index (χ4v) is 3.49. The second kappa shape index (κ2) is 7.68. The Morgan fingerprint density at radius 1 is 1.29 bits per heavy atom. The molecule has 0 aliphatic carbocycles. The molecule has 0 aliphatic rings. The van der Waals surface area contributed by atoms with E-state index in [4.69, 9.17) is 0 Å².